The lowest BCUT2D eigenvalue weighted by Crippen LogP contribution is -1.95. The largest absolute Gasteiger partial charge is 0.478 e. The van der Waals surface area contributed by atoms with Crippen molar-refractivity contribution in [3.05, 3.63) is 11.4 Å². The first kappa shape index (κ1) is 8.69. The van der Waals surface area contributed by atoms with Gasteiger partial charge in [0, 0.05) is 10.9 Å². The molecule has 0 aliphatic heterocycles. The summed E-state index contributed by atoms with van der Waals surface area (Å²) in [7, 11) is 0.116. The molecule has 2 nitrogen and oxygen atoms in total. The summed E-state index contributed by atoms with van der Waals surface area (Å²) in [6, 6.07) is 0. The van der Waals surface area contributed by atoms with Crippen LogP contribution < -0.4 is 0 Å². The van der Waals surface area contributed by atoms with E-state index >= 15 is 0 Å². The van der Waals surface area contributed by atoms with Crippen LogP contribution in [0.3, 0.4) is 0 Å². The van der Waals surface area contributed by atoms with E-state index in [0.717, 1.165) is 0 Å². The number of hydrogen-bond acceptors (Lipinski definition) is 2. The Bertz CT molecular complexity index is 99.2. The van der Waals surface area contributed by atoms with Gasteiger partial charge in [-0.15, -0.1) is 0 Å². The summed E-state index contributed by atoms with van der Waals surface area (Å²) in [6.07, 6.45) is 4.02. The minimum absolute atomic E-state index is 0.0471. The van der Waals surface area contributed by atoms with E-state index in [1.54, 1.807) is 5.41 Å². The summed E-state index contributed by atoms with van der Waals surface area (Å²) in [4.78, 5) is 0. The number of aliphatic hydroxyl groups is 1. The smallest absolute Gasteiger partial charge is 0.326 e. The lowest BCUT2D eigenvalue weighted by atomic mass is 10.8. The van der Waals surface area contributed by atoms with Gasteiger partial charge in [0.15, 0.2) is 5.41 Å². The SMILES string of the molecule is CCOC(O)=C[S+](C)C. The lowest BCUT2D eigenvalue weighted by molar-refractivity contribution is 0.104. The van der Waals surface area contributed by atoms with Crippen molar-refractivity contribution >= 4 is 10.9 Å². The number of rotatable bonds is 3. The highest BCUT2D eigenvalue weighted by atomic mass is 32.2. The summed E-state index contributed by atoms with van der Waals surface area (Å²) in [5.41, 5.74) is 0. The molecule has 0 fully saturated rings. The van der Waals surface area contributed by atoms with Gasteiger partial charge in [0.1, 0.15) is 12.5 Å². The van der Waals surface area contributed by atoms with E-state index in [1.807, 2.05) is 19.4 Å². The van der Waals surface area contributed by atoms with Gasteiger partial charge in [0.25, 0.3) is 0 Å². The molecule has 1 N–H and O–H groups in total. The minimum atomic E-state index is 0.0471. The van der Waals surface area contributed by atoms with Crippen LogP contribution in [0.5, 0.6) is 0 Å². The number of ether oxygens (including phenoxy) is 1. The lowest BCUT2D eigenvalue weighted by Gasteiger charge is -1.96. The molecule has 0 rings (SSSR count). The Balaban J connectivity index is 3.55. The molecule has 0 bridgehead atoms. The quantitative estimate of drug-likeness (QED) is 0.483. The molecule has 3 heteroatoms. The van der Waals surface area contributed by atoms with Gasteiger partial charge in [-0.25, -0.2) is 0 Å². The van der Waals surface area contributed by atoms with Crippen LogP contribution in [0.15, 0.2) is 11.4 Å². The minimum Gasteiger partial charge on any atom is -0.478 e. The van der Waals surface area contributed by atoms with Gasteiger partial charge in [-0.2, -0.15) is 0 Å². The fourth-order valence-electron chi connectivity index (χ4n) is 0.384. The molecule has 0 heterocycles. The first-order valence-electron chi connectivity index (χ1n) is 2.76. The maximum Gasteiger partial charge on any atom is 0.326 e. The van der Waals surface area contributed by atoms with E-state index in [4.69, 9.17) is 9.84 Å². The highest BCUT2D eigenvalue weighted by molar-refractivity contribution is 7.98. The molecule has 54 valence electrons. The van der Waals surface area contributed by atoms with Crippen molar-refractivity contribution in [1.29, 1.82) is 0 Å². The second-order valence-corrected chi connectivity index (χ2v) is 3.76. The van der Waals surface area contributed by atoms with E-state index in [-0.39, 0.29) is 16.8 Å². The van der Waals surface area contributed by atoms with Crippen molar-refractivity contribution in [2.45, 2.75) is 6.92 Å². The molecule has 0 saturated carbocycles. The second-order valence-electron chi connectivity index (χ2n) is 1.77. The average molecular weight is 149 g/mol. The summed E-state index contributed by atoms with van der Waals surface area (Å²) in [6.45, 7) is 2.37. The highest BCUT2D eigenvalue weighted by Gasteiger charge is 2.00. The second kappa shape index (κ2) is 4.56. The first-order chi connectivity index (χ1) is 4.16. The molecular formula is C6H13O2S+. The summed E-state index contributed by atoms with van der Waals surface area (Å²) in [5.74, 6) is 0.0471. The average Bonchev–Trinajstić information content (AvgIpc) is 1.63. The van der Waals surface area contributed by atoms with Crippen molar-refractivity contribution in [1.82, 2.24) is 0 Å². The molecular weight excluding hydrogens is 136 g/mol. The predicted molar refractivity (Wildman–Crippen MR) is 41.6 cm³/mol. The van der Waals surface area contributed by atoms with E-state index < -0.39 is 0 Å². The summed E-state index contributed by atoms with van der Waals surface area (Å²) in [5, 5.41) is 10.6. The van der Waals surface area contributed by atoms with Crippen molar-refractivity contribution in [2.75, 3.05) is 19.1 Å². The molecule has 0 radical (unpaired) electrons. The molecule has 0 aromatic heterocycles. The normalized spacial score (nSPS) is 12.2. The monoisotopic (exact) mass is 149 g/mol. The third-order valence-corrected chi connectivity index (χ3v) is 1.30. The van der Waals surface area contributed by atoms with Gasteiger partial charge in [0.05, 0.1) is 6.61 Å². The molecule has 0 saturated heterocycles. The van der Waals surface area contributed by atoms with Crippen molar-refractivity contribution < 1.29 is 9.84 Å². The van der Waals surface area contributed by atoms with Gasteiger partial charge in [-0.05, 0) is 6.92 Å². The number of aliphatic hydroxyl groups excluding tert-OH is 1. The molecule has 0 aromatic carbocycles. The first-order valence-corrected chi connectivity index (χ1v) is 4.87. The number of hydrogen-bond donors (Lipinski definition) is 1. The van der Waals surface area contributed by atoms with Crippen LogP contribution in [0, 0.1) is 0 Å². The van der Waals surface area contributed by atoms with Crippen LogP contribution in [0.1, 0.15) is 6.92 Å². The zero-order chi connectivity index (χ0) is 7.28. The Hall–Kier alpha value is -0.310. The van der Waals surface area contributed by atoms with Crippen molar-refractivity contribution in [3.8, 4) is 0 Å². The molecule has 0 unspecified atom stereocenters. The van der Waals surface area contributed by atoms with Crippen LogP contribution in [-0.2, 0) is 15.6 Å². The zero-order valence-corrected chi connectivity index (χ0v) is 6.86. The molecule has 0 aromatic rings. The molecule has 0 atom stereocenters. The van der Waals surface area contributed by atoms with Gasteiger partial charge in [0.2, 0.25) is 0 Å². The van der Waals surface area contributed by atoms with E-state index in [1.165, 1.54) is 0 Å². The fourth-order valence-corrected chi connectivity index (χ4v) is 0.855. The molecule has 0 amide bonds. The van der Waals surface area contributed by atoms with Gasteiger partial charge in [-0.1, -0.05) is 0 Å². The van der Waals surface area contributed by atoms with Gasteiger partial charge < -0.3 is 9.84 Å². The Morgan fingerprint density at radius 1 is 1.67 bits per heavy atom. The zero-order valence-electron chi connectivity index (χ0n) is 6.05. The maximum absolute atomic E-state index is 8.87. The van der Waals surface area contributed by atoms with Crippen LogP contribution in [0.4, 0.5) is 0 Å². The Kier molecular flexibility index (Phi) is 4.40. The van der Waals surface area contributed by atoms with Crippen LogP contribution >= 0.6 is 0 Å². The van der Waals surface area contributed by atoms with Crippen molar-refractivity contribution in [2.24, 2.45) is 0 Å². The third kappa shape index (κ3) is 5.56. The molecule has 0 spiro atoms. The van der Waals surface area contributed by atoms with Crippen LogP contribution in [0.2, 0.25) is 0 Å². The summed E-state index contributed by atoms with van der Waals surface area (Å²) >= 11 is 0. The molecule has 9 heavy (non-hydrogen) atoms. The molecule has 0 aliphatic rings. The standard InChI is InChI=1S/C6H12O2S/c1-4-8-6(7)5-9(2)3/h5H,4H2,1-3H3/p+1. The van der Waals surface area contributed by atoms with Crippen molar-refractivity contribution in [3.63, 3.8) is 0 Å². The van der Waals surface area contributed by atoms with Crippen LogP contribution in [0.25, 0.3) is 0 Å². The topological polar surface area (TPSA) is 29.5 Å². The Morgan fingerprint density at radius 2 is 2.22 bits per heavy atom. The predicted octanol–water partition coefficient (Wildman–Crippen LogP) is 1.26. The van der Waals surface area contributed by atoms with E-state index in [9.17, 15) is 0 Å². The summed E-state index contributed by atoms with van der Waals surface area (Å²) < 4.78 is 4.78. The van der Waals surface area contributed by atoms with E-state index in [2.05, 4.69) is 0 Å². The Morgan fingerprint density at radius 3 is 2.56 bits per heavy atom. The Labute approximate surface area is 58.9 Å². The van der Waals surface area contributed by atoms with Gasteiger partial charge >= 0.3 is 5.95 Å². The van der Waals surface area contributed by atoms with Crippen LogP contribution in [-0.4, -0.2) is 24.2 Å². The maximum atomic E-state index is 8.87. The fraction of sp³-hybridized carbons (Fsp3) is 0.667. The van der Waals surface area contributed by atoms with Gasteiger partial charge in [-0.3, -0.25) is 0 Å². The van der Waals surface area contributed by atoms with E-state index in [0.29, 0.717) is 6.61 Å². The molecule has 0 aliphatic carbocycles. The third-order valence-electron chi connectivity index (χ3n) is 0.629. The highest BCUT2D eigenvalue weighted by Crippen LogP contribution is 1.95.